The van der Waals surface area contributed by atoms with Crippen LogP contribution in [0.4, 0.5) is 0 Å². The van der Waals surface area contributed by atoms with Crippen molar-refractivity contribution in [3.63, 3.8) is 0 Å². The first-order valence-electron chi connectivity index (χ1n) is 5.18. The van der Waals surface area contributed by atoms with E-state index in [-0.39, 0.29) is 12.0 Å². The van der Waals surface area contributed by atoms with Crippen LogP contribution in [0.15, 0.2) is 0 Å². The number of ketones is 1. The number of fused-ring (bicyclic) bond motifs is 3. The van der Waals surface area contributed by atoms with Gasteiger partial charge in [0.15, 0.2) is 5.78 Å². The molecule has 13 heavy (non-hydrogen) atoms. The van der Waals surface area contributed by atoms with Gasteiger partial charge < -0.3 is 0 Å². The fourth-order valence-corrected chi connectivity index (χ4v) is 2.27. The monoisotopic (exact) mass is 182 g/mol. The first kappa shape index (κ1) is 9.16. The topological polar surface area (TPSA) is 23.6 Å². The minimum Gasteiger partial charge on any atom is -0.299 e. The Morgan fingerprint density at radius 1 is 1.23 bits per heavy atom. The number of carbonyl (C=O) groups is 1. The number of hydrogen-bond acceptors (Lipinski definition) is 3. The van der Waals surface area contributed by atoms with Crippen LogP contribution in [0, 0.1) is 5.92 Å². The van der Waals surface area contributed by atoms with E-state index in [2.05, 4.69) is 9.80 Å². The van der Waals surface area contributed by atoms with Gasteiger partial charge in [-0.15, -0.1) is 0 Å². The summed E-state index contributed by atoms with van der Waals surface area (Å²) in [5.74, 6) is 0.606. The summed E-state index contributed by atoms with van der Waals surface area (Å²) < 4.78 is 0. The molecule has 0 N–H and O–H groups in total. The average Bonchev–Trinajstić information content (AvgIpc) is 2.18. The van der Waals surface area contributed by atoms with Gasteiger partial charge in [0.25, 0.3) is 0 Å². The van der Waals surface area contributed by atoms with Gasteiger partial charge >= 0.3 is 0 Å². The Bertz CT molecular complexity index is 207. The third-order valence-electron chi connectivity index (χ3n) is 3.18. The van der Waals surface area contributed by atoms with Crippen LogP contribution in [-0.2, 0) is 4.79 Å². The van der Waals surface area contributed by atoms with Crippen molar-refractivity contribution in [2.24, 2.45) is 5.92 Å². The van der Waals surface area contributed by atoms with Crippen LogP contribution in [0.3, 0.4) is 0 Å². The molecule has 0 aromatic rings. The van der Waals surface area contributed by atoms with Gasteiger partial charge in [-0.1, -0.05) is 13.8 Å². The van der Waals surface area contributed by atoms with E-state index in [0.717, 1.165) is 32.7 Å². The van der Waals surface area contributed by atoms with Gasteiger partial charge in [-0.05, 0) is 0 Å². The Morgan fingerprint density at radius 2 is 1.85 bits per heavy atom. The highest BCUT2D eigenvalue weighted by molar-refractivity contribution is 5.86. The highest BCUT2D eigenvalue weighted by Crippen LogP contribution is 2.18. The second-order valence-corrected chi connectivity index (χ2v) is 4.41. The molecule has 1 atom stereocenters. The van der Waals surface area contributed by atoms with Crippen LogP contribution in [0.5, 0.6) is 0 Å². The predicted octanol–water partition coefficient (Wildman–Crippen LogP) is 0.211. The molecular formula is C10H18N2O. The number of rotatable bonds is 2. The van der Waals surface area contributed by atoms with Crippen LogP contribution in [-0.4, -0.2) is 54.3 Å². The van der Waals surface area contributed by atoms with Crippen LogP contribution < -0.4 is 0 Å². The van der Waals surface area contributed by atoms with E-state index in [0.29, 0.717) is 5.78 Å². The number of carbonyl (C=O) groups excluding carboxylic acids is 1. The molecule has 0 aromatic heterocycles. The van der Waals surface area contributed by atoms with E-state index in [1.54, 1.807) is 0 Å². The number of piperazine rings is 3. The molecule has 0 spiro atoms. The largest absolute Gasteiger partial charge is 0.299 e. The molecule has 3 aliphatic rings. The van der Waals surface area contributed by atoms with Gasteiger partial charge in [0.2, 0.25) is 0 Å². The van der Waals surface area contributed by atoms with Crippen LogP contribution in [0.25, 0.3) is 0 Å². The van der Waals surface area contributed by atoms with Crippen molar-refractivity contribution in [1.82, 2.24) is 9.80 Å². The van der Waals surface area contributed by atoms with Crippen molar-refractivity contribution >= 4 is 5.78 Å². The molecule has 3 nitrogen and oxygen atoms in total. The summed E-state index contributed by atoms with van der Waals surface area (Å²) in [7, 11) is 0. The second-order valence-electron chi connectivity index (χ2n) is 4.41. The van der Waals surface area contributed by atoms with Gasteiger partial charge in [0.05, 0.1) is 6.04 Å². The molecule has 0 amide bonds. The summed E-state index contributed by atoms with van der Waals surface area (Å²) in [5.41, 5.74) is 0. The lowest BCUT2D eigenvalue weighted by Crippen LogP contribution is -2.63. The summed E-state index contributed by atoms with van der Waals surface area (Å²) in [4.78, 5) is 16.6. The Morgan fingerprint density at radius 3 is 2.23 bits per heavy atom. The standard InChI is InChI=1S/C10H18N2O/c1-8(2)10(13)9-7-11-3-5-12(9)6-4-11/h8-9H,3-7H2,1-2H3. The maximum atomic E-state index is 11.8. The summed E-state index contributed by atoms with van der Waals surface area (Å²) in [5, 5.41) is 0. The van der Waals surface area contributed by atoms with E-state index in [1.165, 1.54) is 0 Å². The summed E-state index contributed by atoms with van der Waals surface area (Å²) >= 11 is 0. The predicted molar refractivity (Wildman–Crippen MR) is 51.6 cm³/mol. The Balaban J connectivity index is 2.04. The van der Waals surface area contributed by atoms with Crippen molar-refractivity contribution in [1.29, 1.82) is 0 Å². The van der Waals surface area contributed by atoms with Crippen LogP contribution in [0.2, 0.25) is 0 Å². The zero-order valence-electron chi connectivity index (χ0n) is 8.49. The highest BCUT2D eigenvalue weighted by atomic mass is 16.1. The third kappa shape index (κ3) is 1.63. The van der Waals surface area contributed by atoms with Gasteiger partial charge in [-0.25, -0.2) is 0 Å². The zero-order chi connectivity index (χ0) is 9.42. The maximum absolute atomic E-state index is 11.8. The van der Waals surface area contributed by atoms with Gasteiger partial charge in [0.1, 0.15) is 0 Å². The van der Waals surface area contributed by atoms with Crippen molar-refractivity contribution < 1.29 is 4.79 Å². The van der Waals surface area contributed by atoms with Crippen LogP contribution in [0.1, 0.15) is 13.8 Å². The van der Waals surface area contributed by atoms with E-state index in [1.807, 2.05) is 13.8 Å². The molecule has 2 bridgehead atoms. The molecule has 74 valence electrons. The molecule has 0 radical (unpaired) electrons. The SMILES string of the molecule is CC(C)C(=O)C1CN2CCN1CC2. The van der Waals surface area contributed by atoms with E-state index in [4.69, 9.17) is 0 Å². The molecule has 3 heterocycles. The van der Waals surface area contributed by atoms with E-state index in [9.17, 15) is 4.79 Å². The van der Waals surface area contributed by atoms with Crippen molar-refractivity contribution in [3.8, 4) is 0 Å². The van der Waals surface area contributed by atoms with E-state index >= 15 is 0 Å². The van der Waals surface area contributed by atoms with Crippen molar-refractivity contribution in [3.05, 3.63) is 0 Å². The minimum atomic E-state index is 0.186. The quantitative estimate of drug-likeness (QED) is 0.610. The molecule has 3 heteroatoms. The summed E-state index contributed by atoms with van der Waals surface area (Å²) in [6.07, 6.45) is 0. The average molecular weight is 182 g/mol. The van der Waals surface area contributed by atoms with Gasteiger partial charge in [-0.3, -0.25) is 14.6 Å². The molecule has 0 saturated carbocycles. The highest BCUT2D eigenvalue weighted by Gasteiger charge is 2.36. The van der Waals surface area contributed by atoms with Crippen molar-refractivity contribution in [2.75, 3.05) is 32.7 Å². The minimum absolute atomic E-state index is 0.186. The summed E-state index contributed by atoms with van der Waals surface area (Å²) in [6.45, 7) is 9.45. The molecule has 3 aliphatic heterocycles. The van der Waals surface area contributed by atoms with E-state index < -0.39 is 0 Å². The maximum Gasteiger partial charge on any atom is 0.153 e. The normalized spacial score (nSPS) is 38.2. The Labute approximate surface area is 79.7 Å². The molecular weight excluding hydrogens is 164 g/mol. The van der Waals surface area contributed by atoms with Gasteiger partial charge in [0, 0.05) is 38.6 Å². The number of nitrogens with zero attached hydrogens (tertiary/aromatic N) is 2. The fourth-order valence-electron chi connectivity index (χ4n) is 2.27. The van der Waals surface area contributed by atoms with Crippen molar-refractivity contribution in [2.45, 2.75) is 19.9 Å². The lowest BCUT2D eigenvalue weighted by Gasteiger charge is -2.47. The fraction of sp³-hybridized carbons (Fsp3) is 0.900. The van der Waals surface area contributed by atoms with Crippen LogP contribution >= 0.6 is 0 Å². The lowest BCUT2D eigenvalue weighted by atomic mass is 9.96. The number of hydrogen-bond donors (Lipinski definition) is 0. The Hall–Kier alpha value is -0.410. The second kappa shape index (κ2) is 3.39. The summed E-state index contributed by atoms with van der Waals surface area (Å²) in [6, 6.07) is 0.197. The number of Topliss-reactive ketones (excluding diaryl/α,β-unsaturated/α-hetero) is 1. The Kier molecular flexibility index (Phi) is 2.39. The molecule has 3 rings (SSSR count). The first-order chi connectivity index (χ1) is 6.18. The molecule has 3 fully saturated rings. The first-order valence-corrected chi connectivity index (χ1v) is 5.18. The lowest BCUT2D eigenvalue weighted by molar-refractivity contribution is -0.132. The molecule has 0 aromatic carbocycles. The zero-order valence-corrected chi connectivity index (χ0v) is 8.49. The molecule has 3 saturated heterocycles. The molecule has 1 unspecified atom stereocenters. The molecule has 0 aliphatic carbocycles. The smallest absolute Gasteiger partial charge is 0.153 e. The van der Waals surface area contributed by atoms with Gasteiger partial charge in [-0.2, -0.15) is 0 Å². The third-order valence-corrected chi connectivity index (χ3v) is 3.18.